The summed E-state index contributed by atoms with van der Waals surface area (Å²) in [5.74, 6) is -0.238. The number of hydrogen-bond donors (Lipinski definition) is 1. The predicted octanol–water partition coefficient (Wildman–Crippen LogP) is 5.96. The largest absolute Gasteiger partial charge is 0.377 e. The van der Waals surface area contributed by atoms with Crippen molar-refractivity contribution in [2.45, 2.75) is 13.0 Å². The van der Waals surface area contributed by atoms with Crippen molar-refractivity contribution in [2.24, 2.45) is 0 Å². The van der Waals surface area contributed by atoms with E-state index in [1.54, 1.807) is 18.3 Å². The lowest BCUT2D eigenvalue weighted by Gasteiger charge is -2.19. The Bertz CT molecular complexity index is 833. The number of pyridine rings is 1. The molecule has 2 aromatic carbocycles. The Labute approximate surface area is 141 Å². The van der Waals surface area contributed by atoms with E-state index in [-0.39, 0.29) is 11.9 Å². The molecule has 1 aromatic heterocycles. The van der Waals surface area contributed by atoms with Crippen LogP contribution in [0.1, 0.15) is 18.5 Å². The van der Waals surface area contributed by atoms with Crippen LogP contribution in [0.15, 0.2) is 53.1 Å². The lowest BCUT2D eigenvalue weighted by atomic mass is 10.1. The number of benzene rings is 2. The molecule has 0 saturated heterocycles. The number of anilines is 1. The normalized spacial score (nSPS) is 12.4. The second kappa shape index (κ2) is 6.23. The second-order valence-corrected chi connectivity index (χ2v) is 6.35. The van der Waals surface area contributed by atoms with Crippen LogP contribution in [-0.2, 0) is 0 Å². The van der Waals surface area contributed by atoms with E-state index in [0.717, 1.165) is 21.1 Å². The van der Waals surface area contributed by atoms with Gasteiger partial charge in [0, 0.05) is 21.6 Å². The number of nitrogens with one attached hydrogen (secondary N) is 1. The number of aromatic nitrogens is 1. The fourth-order valence-corrected chi connectivity index (χ4v) is 2.97. The van der Waals surface area contributed by atoms with Gasteiger partial charge in [0.15, 0.2) is 0 Å². The molecule has 0 saturated carbocycles. The topological polar surface area (TPSA) is 24.9 Å². The number of halogens is 3. The maximum absolute atomic E-state index is 13.9. The van der Waals surface area contributed by atoms with Gasteiger partial charge in [-0.25, -0.2) is 4.39 Å². The van der Waals surface area contributed by atoms with Crippen LogP contribution in [0.2, 0.25) is 5.02 Å². The predicted molar refractivity (Wildman–Crippen MR) is 92.9 cm³/mol. The Kier molecular flexibility index (Phi) is 4.32. The van der Waals surface area contributed by atoms with E-state index in [2.05, 4.69) is 26.2 Å². The zero-order valence-corrected chi connectivity index (χ0v) is 14.1. The van der Waals surface area contributed by atoms with Gasteiger partial charge in [0.1, 0.15) is 5.82 Å². The van der Waals surface area contributed by atoms with Crippen LogP contribution in [0.25, 0.3) is 10.9 Å². The molecule has 112 valence electrons. The molecule has 2 nitrogen and oxygen atoms in total. The van der Waals surface area contributed by atoms with Gasteiger partial charge in [0.2, 0.25) is 0 Å². The second-order valence-electron chi connectivity index (χ2n) is 5.03. The van der Waals surface area contributed by atoms with Crippen LogP contribution in [0.5, 0.6) is 0 Å². The number of nitrogens with zero attached hydrogens (tertiary/aromatic N) is 1. The highest BCUT2D eigenvalue weighted by Crippen LogP contribution is 2.34. The molecular weight excluding hydrogens is 367 g/mol. The Hall–Kier alpha value is -1.65. The van der Waals surface area contributed by atoms with Gasteiger partial charge in [-0.2, -0.15) is 0 Å². The first-order valence-electron chi connectivity index (χ1n) is 6.81. The van der Waals surface area contributed by atoms with E-state index in [0.29, 0.717) is 10.6 Å². The molecule has 0 aliphatic heterocycles. The van der Waals surface area contributed by atoms with E-state index in [9.17, 15) is 4.39 Å². The van der Waals surface area contributed by atoms with Crippen molar-refractivity contribution in [1.82, 2.24) is 4.98 Å². The van der Waals surface area contributed by atoms with Crippen molar-refractivity contribution in [3.8, 4) is 0 Å². The summed E-state index contributed by atoms with van der Waals surface area (Å²) in [5, 5.41) is 4.71. The third kappa shape index (κ3) is 2.94. The molecule has 0 aliphatic carbocycles. The van der Waals surface area contributed by atoms with Gasteiger partial charge in [-0.15, -0.1) is 0 Å². The smallest absolute Gasteiger partial charge is 0.128 e. The molecule has 0 amide bonds. The molecule has 0 fully saturated rings. The molecule has 1 atom stereocenters. The fourth-order valence-electron chi connectivity index (χ4n) is 2.41. The monoisotopic (exact) mass is 378 g/mol. The summed E-state index contributed by atoms with van der Waals surface area (Å²) < 4.78 is 14.9. The lowest BCUT2D eigenvalue weighted by Crippen LogP contribution is -2.09. The molecule has 1 N–H and O–H groups in total. The first kappa shape index (κ1) is 15.3. The van der Waals surface area contributed by atoms with Crippen molar-refractivity contribution >= 4 is 44.1 Å². The van der Waals surface area contributed by atoms with E-state index in [4.69, 9.17) is 11.6 Å². The number of rotatable bonds is 3. The van der Waals surface area contributed by atoms with Gasteiger partial charge in [-0.05, 0) is 31.2 Å². The maximum Gasteiger partial charge on any atom is 0.128 e. The standard InChI is InChI=1S/C17H13BrClFN2/c1-10(12-4-2-3-5-15(12)20)22-17-13-8-11(18)6-7-16(13)21-9-14(17)19/h2-10H,1H3,(H,21,22)/t10-/m1/s1. The van der Waals surface area contributed by atoms with Crippen molar-refractivity contribution in [3.63, 3.8) is 0 Å². The van der Waals surface area contributed by atoms with Gasteiger partial charge in [-0.1, -0.05) is 45.7 Å². The summed E-state index contributed by atoms with van der Waals surface area (Å²) >= 11 is 9.75. The minimum Gasteiger partial charge on any atom is -0.377 e. The van der Waals surface area contributed by atoms with E-state index < -0.39 is 0 Å². The average Bonchev–Trinajstić information content (AvgIpc) is 2.50. The Morgan fingerprint density at radius 1 is 1.23 bits per heavy atom. The van der Waals surface area contributed by atoms with Crippen LogP contribution in [0.4, 0.5) is 10.1 Å². The summed E-state index contributed by atoms with van der Waals surface area (Å²) in [6.45, 7) is 1.90. The Balaban J connectivity index is 2.05. The molecule has 5 heteroatoms. The van der Waals surface area contributed by atoms with Gasteiger partial charge in [-0.3, -0.25) is 4.98 Å². The Morgan fingerprint density at radius 3 is 2.77 bits per heavy atom. The lowest BCUT2D eigenvalue weighted by molar-refractivity contribution is 0.600. The first-order chi connectivity index (χ1) is 10.6. The zero-order valence-electron chi connectivity index (χ0n) is 11.8. The number of hydrogen-bond acceptors (Lipinski definition) is 2. The minimum atomic E-state index is -0.238. The molecule has 22 heavy (non-hydrogen) atoms. The van der Waals surface area contributed by atoms with Crippen molar-refractivity contribution < 1.29 is 4.39 Å². The molecule has 1 heterocycles. The molecule has 0 spiro atoms. The Morgan fingerprint density at radius 2 is 2.00 bits per heavy atom. The molecule has 0 aliphatic rings. The summed E-state index contributed by atoms with van der Waals surface area (Å²) in [6, 6.07) is 12.3. The van der Waals surface area contributed by atoms with Gasteiger partial charge in [0.05, 0.1) is 22.3 Å². The fraction of sp³-hybridized carbons (Fsp3) is 0.118. The summed E-state index contributed by atoms with van der Waals surface area (Å²) in [5.41, 5.74) is 2.18. The van der Waals surface area contributed by atoms with Crippen LogP contribution in [0, 0.1) is 5.82 Å². The first-order valence-corrected chi connectivity index (χ1v) is 7.98. The van der Waals surface area contributed by atoms with Gasteiger partial charge >= 0.3 is 0 Å². The highest BCUT2D eigenvalue weighted by atomic mass is 79.9. The van der Waals surface area contributed by atoms with E-state index >= 15 is 0 Å². The van der Waals surface area contributed by atoms with Crippen LogP contribution >= 0.6 is 27.5 Å². The highest BCUT2D eigenvalue weighted by Gasteiger charge is 2.14. The van der Waals surface area contributed by atoms with E-state index in [1.165, 1.54) is 6.07 Å². The van der Waals surface area contributed by atoms with Gasteiger partial charge in [0.25, 0.3) is 0 Å². The highest BCUT2D eigenvalue weighted by molar-refractivity contribution is 9.10. The molecule has 3 aromatic rings. The van der Waals surface area contributed by atoms with Crippen molar-refractivity contribution in [2.75, 3.05) is 5.32 Å². The third-order valence-electron chi connectivity index (χ3n) is 3.52. The van der Waals surface area contributed by atoms with E-state index in [1.807, 2.05) is 31.2 Å². The molecule has 0 bridgehead atoms. The van der Waals surface area contributed by atoms with Crippen LogP contribution in [0.3, 0.4) is 0 Å². The molecule has 0 unspecified atom stereocenters. The molecular formula is C17H13BrClFN2. The third-order valence-corrected chi connectivity index (χ3v) is 4.30. The molecule has 0 radical (unpaired) electrons. The van der Waals surface area contributed by atoms with Crippen molar-refractivity contribution in [3.05, 3.63) is 69.5 Å². The summed E-state index contributed by atoms with van der Waals surface area (Å²) in [4.78, 5) is 4.31. The minimum absolute atomic E-state index is 0.219. The SMILES string of the molecule is C[C@@H](Nc1c(Cl)cnc2ccc(Br)cc12)c1ccccc1F. The summed E-state index contributed by atoms with van der Waals surface area (Å²) in [6.07, 6.45) is 1.61. The zero-order chi connectivity index (χ0) is 15.7. The summed E-state index contributed by atoms with van der Waals surface area (Å²) in [7, 11) is 0. The number of fused-ring (bicyclic) bond motifs is 1. The van der Waals surface area contributed by atoms with Crippen molar-refractivity contribution in [1.29, 1.82) is 0 Å². The van der Waals surface area contributed by atoms with Crippen LogP contribution in [-0.4, -0.2) is 4.98 Å². The maximum atomic E-state index is 13.9. The van der Waals surface area contributed by atoms with Gasteiger partial charge < -0.3 is 5.32 Å². The molecule has 3 rings (SSSR count). The average molecular weight is 380 g/mol. The van der Waals surface area contributed by atoms with Crippen LogP contribution < -0.4 is 5.32 Å². The quantitative estimate of drug-likeness (QED) is 0.607.